The summed E-state index contributed by atoms with van der Waals surface area (Å²) in [6.45, 7) is 0.836. The molecule has 0 bridgehead atoms. The molecule has 0 unspecified atom stereocenters. The number of primary amides is 1. The molecule has 6 heteroatoms. The number of ether oxygens (including phenoxy) is 2. The monoisotopic (exact) mass is 348 g/mol. The summed E-state index contributed by atoms with van der Waals surface area (Å²) >= 11 is 0. The average Bonchev–Trinajstić information content (AvgIpc) is 2.61. The van der Waals surface area contributed by atoms with Crippen LogP contribution in [0.3, 0.4) is 0 Å². The smallest absolute Gasteiger partial charge is 0.231 e. The highest BCUT2D eigenvalue weighted by molar-refractivity contribution is 5.76. The Labute approximate surface area is 148 Å². The maximum Gasteiger partial charge on any atom is 0.231 e. The molecule has 25 heavy (non-hydrogen) atoms. The Morgan fingerprint density at radius 2 is 2.12 bits per heavy atom. The Bertz CT molecular complexity index is 636. The van der Waals surface area contributed by atoms with Crippen molar-refractivity contribution in [3.63, 3.8) is 0 Å². The minimum atomic E-state index is -0.679. The number of aliphatic hydroxyl groups is 1. The molecule has 0 spiro atoms. The summed E-state index contributed by atoms with van der Waals surface area (Å²) in [6.07, 6.45) is 4.57. The zero-order chi connectivity index (χ0) is 18.0. The van der Waals surface area contributed by atoms with Gasteiger partial charge in [-0.3, -0.25) is 9.69 Å². The molecule has 2 fully saturated rings. The van der Waals surface area contributed by atoms with Gasteiger partial charge in [-0.1, -0.05) is 18.9 Å². The van der Waals surface area contributed by atoms with Crippen LogP contribution in [0.15, 0.2) is 18.2 Å². The minimum absolute atomic E-state index is 0.0663. The third-order valence-electron chi connectivity index (χ3n) is 5.79. The number of likely N-dealkylation sites (tertiary alicyclic amines) is 1. The molecule has 6 nitrogen and oxygen atoms in total. The van der Waals surface area contributed by atoms with Crippen LogP contribution in [-0.2, 0) is 4.79 Å². The molecule has 3 atom stereocenters. The first-order chi connectivity index (χ1) is 12.0. The number of benzene rings is 1. The SMILES string of the molecule is COc1ccc([C@H]2[C@H]3CCCC[C@@]3(O)CCN2CC(N)=O)c(OC)c1. The van der Waals surface area contributed by atoms with E-state index in [2.05, 4.69) is 4.90 Å². The van der Waals surface area contributed by atoms with Gasteiger partial charge < -0.3 is 20.3 Å². The van der Waals surface area contributed by atoms with E-state index < -0.39 is 5.60 Å². The van der Waals surface area contributed by atoms with Crippen LogP contribution in [0, 0.1) is 5.92 Å². The summed E-state index contributed by atoms with van der Waals surface area (Å²) in [4.78, 5) is 13.7. The maximum atomic E-state index is 11.6. The highest BCUT2D eigenvalue weighted by Crippen LogP contribution is 2.51. The van der Waals surface area contributed by atoms with Crippen LogP contribution < -0.4 is 15.2 Å². The fraction of sp³-hybridized carbons (Fsp3) is 0.632. The second-order valence-corrected chi connectivity index (χ2v) is 7.20. The van der Waals surface area contributed by atoms with E-state index in [4.69, 9.17) is 15.2 Å². The lowest BCUT2D eigenvalue weighted by Gasteiger charge is -2.52. The van der Waals surface area contributed by atoms with E-state index in [1.807, 2.05) is 18.2 Å². The van der Waals surface area contributed by atoms with Gasteiger partial charge in [-0.15, -0.1) is 0 Å². The molecular weight excluding hydrogens is 320 g/mol. The Morgan fingerprint density at radius 1 is 1.32 bits per heavy atom. The maximum absolute atomic E-state index is 11.6. The third-order valence-corrected chi connectivity index (χ3v) is 5.79. The molecule has 2 aliphatic rings. The van der Waals surface area contributed by atoms with E-state index in [0.29, 0.717) is 18.7 Å². The summed E-state index contributed by atoms with van der Waals surface area (Å²) in [7, 11) is 3.25. The van der Waals surface area contributed by atoms with Gasteiger partial charge in [-0.05, 0) is 25.3 Å². The van der Waals surface area contributed by atoms with Crippen molar-refractivity contribution in [2.45, 2.75) is 43.7 Å². The number of fused-ring (bicyclic) bond motifs is 1. The van der Waals surface area contributed by atoms with Crippen LogP contribution in [-0.4, -0.2) is 48.8 Å². The van der Waals surface area contributed by atoms with Gasteiger partial charge in [0.2, 0.25) is 5.91 Å². The minimum Gasteiger partial charge on any atom is -0.497 e. The molecular formula is C19H28N2O4. The molecule has 3 N–H and O–H groups in total. The van der Waals surface area contributed by atoms with Crippen molar-refractivity contribution in [2.75, 3.05) is 27.3 Å². The van der Waals surface area contributed by atoms with Crippen molar-refractivity contribution < 1.29 is 19.4 Å². The molecule has 0 radical (unpaired) electrons. The second-order valence-electron chi connectivity index (χ2n) is 7.20. The largest absolute Gasteiger partial charge is 0.497 e. The Balaban J connectivity index is 2.04. The fourth-order valence-electron chi connectivity index (χ4n) is 4.60. The molecule has 1 saturated carbocycles. The van der Waals surface area contributed by atoms with Gasteiger partial charge >= 0.3 is 0 Å². The summed E-state index contributed by atoms with van der Waals surface area (Å²) < 4.78 is 10.9. The van der Waals surface area contributed by atoms with Gasteiger partial charge in [0.15, 0.2) is 0 Å². The molecule has 1 aliphatic carbocycles. The van der Waals surface area contributed by atoms with Crippen molar-refractivity contribution in [1.29, 1.82) is 0 Å². The van der Waals surface area contributed by atoms with Gasteiger partial charge in [0, 0.05) is 30.1 Å². The molecule has 3 rings (SSSR count). The number of carbonyl (C=O) groups is 1. The van der Waals surface area contributed by atoms with Crippen LogP contribution in [0.25, 0.3) is 0 Å². The van der Waals surface area contributed by atoms with Crippen LogP contribution in [0.4, 0.5) is 0 Å². The van der Waals surface area contributed by atoms with Gasteiger partial charge in [0.05, 0.1) is 26.4 Å². The first-order valence-corrected chi connectivity index (χ1v) is 8.95. The summed E-state index contributed by atoms with van der Waals surface area (Å²) in [5.41, 5.74) is 5.79. The molecule has 1 amide bonds. The van der Waals surface area contributed by atoms with E-state index in [1.165, 1.54) is 0 Å². The van der Waals surface area contributed by atoms with Crippen molar-refractivity contribution in [3.05, 3.63) is 23.8 Å². The van der Waals surface area contributed by atoms with E-state index >= 15 is 0 Å². The number of nitrogens with zero attached hydrogens (tertiary/aromatic N) is 1. The molecule has 1 heterocycles. The van der Waals surface area contributed by atoms with Crippen LogP contribution >= 0.6 is 0 Å². The number of piperidine rings is 1. The zero-order valence-electron chi connectivity index (χ0n) is 15.0. The molecule has 1 aliphatic heterocycles. The highest BCUT2D eigenvalue weighted by Gasteiger charge is 2.49. The van der Waals surface area contributed by atoms with E-state index in [1.54, 1.807) is 14.2 Å². The Hall–Kier alpha value is -1.79. The van der Waals surface area contributed by atoms with Gasteiger partial charge in [-0.2, -0.15) is 0 Å². The number of hydrogen-bond donors (Lipinski definition) is 2. The summed E-state index contributed by atoms with van der Waals surface area (Å²) in [6, 6.07) is 5.65. The first-order valence-electron chi connectivity index (χ1n) is 8.95. The van der Waals surface area contributed by atoms with Crippen molar-refractivity contribution >= 4 is 5.91 Å². The number of hydrogen-bond acceptors (Lipinski definition) is 5. The summed E-state index contributed by atoms with van der Waals surface area (Å²) in [5, 5.41) is 11.2. The predicted molar refractivity (Wildman–Crippen MR) is 94.6 cm³/mol. The zero-order valence-corrected chi connectivity index (χ0v) is 15.0. The highest BCUT2D eigenvalue weighted by atomic mass is 16.5. The number of rotatable bonds is 5. The normalized spacial score (nSPS) is 29.7. The van der Waals surface area contributed by atoms with Gasteiger partial charge in [0.1, 0.15) is 11.5 Å². The number of amides is 1. The van der Waals surface area contributed by atoms with Crippen LogP contribution in [0.1, 0.15) is 43.7 Å². The van der Waals surface area contributed by atoms with Gasteiger partial charge in [0.25, 0.3) is 0 Å². The average molecular weight is 348 g/mol. The standard InChI is InChI=1S/C19H28N2O4/c1-24-13-6-7-14(16(11-13)25-2)18-15-5-3-4-8-19(15,23)9-10-21(18)12-17(20)22/h6-7,11,15,18,23H,3-5,8-10,12H2,1-2H3,(H2,20,22)/t15-,18+,19-/m1/s1. The molecule has 1 saturated heterocycles. The Kier molecular flexibility index (Phi) is 5.20. The number of methoxy groups -OCH3 is 2. The van der Waals surface area contributed by atoms with E-state index in [0.717, 1.165) is 37.0 Å². The fourth-order valence-corrected chi connectivity index (χ4v) is 4.60. The van der Waals surface area contributed by atoms with Crippen molar-refractivity contribution in [1.82, 2.24) is 4.90 Å². The molecule has 0 aromatic heterocycles. The lowest BCUT2D eigenvalue weighted by Crippen LogP contribution is -2.56. The van der Waals surface area contributed by atoms with E-state index in [9.17, 15) is 9.90 Å². The van der Waals surface area contributed by atoms with Crippen molar-refractivity contribution in [2.24, 2.45) is 11.7 Å². The lowest BCUT2D eigenvalue weighted by atomic mass is 9.66. The summed E-state index contributed by atoms with van der Waals surface area (Å²) in [5.74, 6) is 1.15. The topological polar surface area (TPSA) is 85.0 Å². The van der Waals surface area contributed by atoms with Crippen LogP contribution in [0.5, 0.6) is 11.5 Å². The first kappa shape index (κ1) is 18.0. The third kappa shape index (κ3) is 3.46. The number of nitrogens with two attached hydrogens (primary N) is 1. The molecule has 1 aromatic carbocycles. The van der Waals surface area contributed by atoms with Crippen molar-refractivity contribution in [3.8, 4) is 11.5 Å². The van der Waals surface area contributed by atoms with Crippen LogP contribution in [0.2, 0.25) is 0 Å². The lowest BCUT2D eigenvalue weighted by molar-refractivity contribution is -0.136. The molecule has 138 valence electrons. The number of carbonyl (C=O) groups excluding carboxylic acids is 1. The van der Waals surface area contributed by atoms with E-state index in [-0.39, 0.29) is 24.4 Å². The predicted octanol–water partition coefficient (Wildman–Crippen LogP) is 1.86. The quantitative estimate of drug-likeness (QED) is 0.848. The second kappa shape index (κ2) is 7.22. The Morgan fingerprint density at radius 3 is 2.80 bits per heavy atom. The molecule has 1 aromatic rings. The van der Waals surface area contributed by atoms with Gasteiger partial charge in [-0.25, -0.2) is 0 Å².